The molecule has 1 fully saturated rings. The Balaban J connectivity index is 2.30. The van der Waals surface area contributed by atoms with Gasteiger partial charge < -0.3 is 4.74 Å². The van der Waals surface area contributed by atoms with Crippen LogP contribution in [-0.2, 0) is 9.53 Å². The summed E-state index contributed by atoms with van der Waals surface area (Å²) >= 11 is 0. The van der Waals surface area contributed by atoms with E-state index in [9.17, 15) is 9.59 Å². The van der Waals surface area contributed by atoms with Crippen LogP contribution in [-0.4, -0.2) is 17.6 Å². The van der Waals surface area contributed by atoms with Crippen molar-refractivity contribution >= 4 is 12.0 Å². The molecule has 0 heterocycles. The molecule has 2 amide bonds. The predicted molar refractivity (Wildman–Crippen MR) is 68.6 cm³/mol. The second-order valence-electron chi connectivity index (χ2n) is 6.08. The first-order chi connectivity index (χ1) is 8.28. The molecule has 5 heteroatoms. The lowest BCUT2D eigenvalue weighted by Crippen LogP contribution is -2.47. The molecule has 5 nitrogen and oxygen atoms in total. The predicted octanol–water partition coefficient (Wildman–Crippen LogP) is 2.37. The zero-order valence-electron chi connectivity index (χ0n) is 11.7. The van der Waals surface area contributed by atoms with E-state index in [1.165, 1.54) is 6.42 Å². The number of carbonyl (C=O) groups is 2. The quantitative estimate of drug-likeness (QED) is 0.708. The Morgan fingerprint density at radius 1 is 1.17 bits per heavy atom. The van der Waals surface area contributed by atoms with Crippen LogP contribution in [0.5, 0.6) is 0 Å². The summed E-state index contributed by atoms with van der Waals surface area (Å²) < 4.78 is 5.03. The monoisotopic (exact) mass is 256 g/mol. The van der Waals surface area contributed by atoms with E-state index in [0.717, 1.165) is 19.3 Å². The molecule has 2 atom stereocenters. The van der Waals surface area contributed by atoms with Crippen LogP contribution in [0.3, 0.4) is 0 Å². The maximum absolute atomic E-state index is 11.8. The third-order valence-electron chi connectivity index (χ3n) is 2.99. The number of carbonyl (C=O) groups excluding carboxylic acids is 2. The summed E-state index contributed by atoms with van der Waals surface area (Å²) in [5.74, 6) is 0.465. The van der Waals surface area contributed by atoms with Gasteiger partial charge in [-0.15, -0.1) is 0 Å². The fourth-order valence-electron chi connectivity index (χ4n) is 2.19. The van der Waals surface area contributed by atoms with Gasteiger partial charge >= 0.3 is 6.09 Å². The fraction of sp³-hybridized carbons (Fsp3) is 0.846. The highest BCUT2D eigenvalue weighted by Gasteiger charge is 2.25. The van der Waals surface area contributed by atoms with Gasteiger partial charge in [0.15, 0.2) is 0 Å². The molecular formula is C13H24N2O3. The molecule has 0 aromatic heterocycles. The van der Waals surface area contributed by atoms with Gasteiger partial charge in [0.05, 0.1) is 0 Å². The molecule has 0 aromatic rings. The number of nitrogens with one attached hydrogen (secondary N) is 2. The lowest BCUT2D eigenvalue weighted by molar-refractivity contribution is -0.127. The third-order valence-corrected chi connectivity index (χ3v) is 2.99. The van der Waals surface area contributed by atoms with E-state index in [1.807, 2.05) is 0 Å². The normalized spacial score (nSPS) is 24.2. The Morgan fingerprint density at radius 2 is 1.83 bits per heavy atom. The standard InChI is InChI=1S/C13H24N2O3/c1-9-6-5-7-10(8-9)11(16)14-15-12(17)18-13(2,3)4/h9-10H,5-8H2,1-4H3,(H,14,16)(H,15,17)/t9-,10-/m0/s1. The van der Waals surface area contributed by atoms with Crippen LogP contribution >= 0.6 is 0 Å². The molecule has 0 aromatic carbocycles. The Hall–Kier alpha value is -1.26. The molecule has 0 aliphatic heterocycles. The average molecular weight is 256 g/mol. The summed E-state index contributed by atoms with van der Waals surface area (Å²) in [6.45, 7) is 7.48. The van der Waals surface area contributed by atoms with Crippen LogP contribution < -0.4 is 10.9 Å². The largest absolute Gasteiger partial charge is 0.443 e. The molecule has 0 bridgehead atoms. The van der Waals surface area contributed by atoms with E-state index in [1.54, 1.807) is 20.8 Å². The van der Waals surface area contributed by atoms with E-state index >= 15 is 0 Å². The number of hydrazine groups is 1. The van der Waals surface area contributed by atoms with Crippen molar-refractivity contribution in [3.63, 3.8) is 0 Å². The highest BCUT2D eigenvalue weighted by Crippen LogP contribution is 2.28. The minimum Gasteiger partial charge on any atom is -0.443 e. The lowest BCUT2D eigenvalue weighted by Gasteiger charge is -2.26. The van der Waals surface area contributed by atoms with Gasteiger partial charge in [-0.25, -0.2) is 10.2 Å². The summed E-state index contributed by atoms with van der Waals surface area (Å²) in [4.78, 5) is 23.2. The lowest BCUT2D eigenvalue weighted by atomic mass is 9.82. The zero-order valence-corrected chi connectivity index (χ0v) is 11.7. The summed E-state index contributed by atoms with van der Waals surface area (Å²) in [5.41, 5.74) is 4.16. The van der Waals surface area contributed by atoms with Crippen LogP contribution in [0.1, 0.15) is 53.4 Å². The van der Waals surface area contributed by atoms with Crippen molar-refractivity contribution in [3.05, 3.63) is 0 Å². The number of hydrogen-bond acceptors (Lipinski definition) is 3. The molecular weight excluding hydrogens is 232 g/mol. The Bertz CT molecular complexity index is 310. The summed E-state index contributed by atoms with van der Waals surface area (Å²) in [7, 11) is 0. The van der Waals surface area contributed by atoms with Gasteiger partial charge in [0, 0.05) is 5.92 Å². The molecule has 1 saturated carbocycles. The van der Waals surface area contributed by atoms with Crippen LogP contribution in [0.2, 0.25) is 0 Å². The van der Waals surface area contributed by atoms with Crippen molar-refractivity contribution in [1.29, 1.82) is 0 Å². The minimum absolute atomic E-state index is 0.00341. The van der Waals surface area contributed by atoms with E-state index < -0.39 is 11.7 Å². The first-order valence-electron chi connectivity index (χ1n) is 6.57. The van der Waals surface area contributed by atoms with Crippen molar-refractivity contribution in [3.8, 4) is 0 Å². The van der Waals surface area contributed by atoms with E-state index in [-0.39, 0.29) is 11.8 Å². The molecule has 0 radical (unpaired) electrons. The van der Waals surface area contributed by atoms with Crippen molar-refractivity contribution < 1.29 is 14.3 Å². The van der Waals surface area contributed by atoms with E-state index in [4.69, 9.17) is 4.74 Å². The molecule has 1 aliphatic rings. The van der Waals surface area contributed by atoms with Gasteiger partial charge in [-0.3, -0.25) is 10.2 Å². The molecule has 1 rings (SSSR count). The van der Waals surface area contributed by atoms with Crippen LogP contribution in [0.15, 0.2) is 0 Å². The first-order valence-corrected chi connectivity index (χ1v) is 6.57. The third kappa shape index (κ3) is 5.38. The number of ether oxygens (including phenoxy) is 1. The van der Waals surface area contributed by atoms with Crippen molar-refractivity contribution in [2.75, 3.05) is 0 Å². The van der Waals surface area contributed by atoms with Gasteiger partial charge in [0.2, 0.25) is 5.91 Å². The summed E-state index contributed by atoms with van der Waals surface area (Å²) in [5, 5.41) is 0. The molecule has 0 spiro atoms. The Morgan fingerprint density at radius 3 is 2.39 bits per heavy atom. The van der Waals surface area contributed by atoms with Crippen LogP contribution in [0.4, 0.5) is 4.79 Å². The topological polar surface area (TPSA) is 67.4 Å². The van der Waals surface area contributed by atoms with E-state index in [0.29, 0.717) is 5.92 Å². The summed E-state index contributed by atoms with van der Waals surface area (Å²) in [6, 6.07) is 0. The second-order valence-corrected chi connectivity index (χ2v) is 6.08. The highest BCUT2D eigenvalue weighted by atomic mass is 16.6. The highest BCUT2D eigenvalue weighted by molar-refractivity contribution is 5.81. The molecule has 18 heavy (non-hydrogen) atoms. The maximum atomic E-state index is 11.8. The van der Waals surface area contributed by atoms with Gasteiger partial charge in [-0.05, 0) is 39.5 Å². The van der Waals surface area contributed by atoms with Crippen LogP contribution in [0, 0.1) is 11.8 Å². The Labute approximate surface area is 109 Å². The molecule has 104 valence electrons. The minimum atomic E-state index is -0.625. The van der Waals surface area contributed by atoms with Gasteiger partial charge in [0.1, 0.15) is 5.60 Å². The average Bonchev–Trinajstić information content (AvgIpc) is 2.23. The number of rotatable bonds is 1. The van der Waals surface area contributed by atoms with Crippen molar-refractivity contribution in [2.24, 2.45) is 11.8 Å². The van der Waals surface area contributed by atoms with Gasteiger partial charge in [0.25, 0.3) is 0 Å². The van der Waals surface area contributed by atoms with Crippen molar-refractivity contribution in [1.82, 2.24) is 10.9 Å². The van der Waals surface area contributed by atoms with Gasteiger partial charge in [-0.2, -0.15) is 0 Å². The second kappa shape index (κ2) is 6.07. The number of hydrogen-bond donors (Lipinski definition) is 2. The van der Waals surface area contributed by atoms with Crippen LogP contribution in [0.25, 0.3) is 0 Å². The maximum Gasteiger partial charge on any atom is 0.426 e. The Kier molecular flexibility index (Phi) is 4.99. The van der Waals surface area contributed by atoms with Crippen molar-refractivity contribution in [2.45, 2.75) is 59.0 Å². The SMILES string of the molecule is C[C@H]1CCC[C@H](C(=O)NNC(=O)OC(C)(C)C)C1. The number of amides is 2. The molecule has 0 unspecified atom stereocenters. The first kappa shape index (κ1) is 14.8. The molecule has 2 N–H and O–H groups in total. The molecule has 1 aliphatic carbocycles. The summed E-state index contributed by atoms with van der Waals surface area (Å²) in [6.07, 6.45) is 3.42. The smallest absolute Gasteiger partial charge is 0.426 e. The fourth-order valence-corrected chi connectivity index (χ4v) is 2.19. The van der Waals surface area contributed by atoms with E-state index in [2.05, 4.69) is 17.8 Å². The molecule has 0 saturated heterocycles. The van der Waals surface area contributed by atoms with Gasteiger partial charge in [-0.1, -0.05) is 19.8 Å². The zero-order chi connectivity index (χ0) is 13.8.